The fourth-order valence-electron chi connectivity index (χ4n) is 1.39. The highest BCUT2D eigenvalue weighted by molar-refractivity contribution is 15.0. The van der Waals surface area contributed by atoms with Crippen LogP contribution in [0.5, 0.6) is 0 Å². The highest BCUT2D eigenvalue weighted by Gasteiger charge is 2.08. The summed E-state index contributed by atoms with van der Waals surface area (Å²) in [6, 6.07) is 0. The topological polar surface area (TPSA) is 18.5 Å². The Morgan fingerprint density at radius 2 is 1.79 bits per heavy atom. The van der Waals surface area contributed by atoms with Crippen LogP contribution in [0.2, 0.25) is 0 Å². The van der Waals surface area contributed by atoms with Crippen molar-refractivity contribution in [1.82, 2.24) is 0 Å². The third kappa shape index (κ3) is 8.67. The van der Waals surface area contributed by atoms with E-state index >= 15 is 0 Å². The molecule has 2 rings (SSSR count). The second-order valence-corrected chi connectivity index (χ2v) is 3.79. The summed E-state index contributed by atoms with van der Waals surface area (Å²) in [7, 11) is 0. The molecule has 0 amide bonds. The van der Waals surface area contributed by atoms with Crippen molar-refractivity contribution < 1.29 is 9.47 Å². The first kappa shape index (κ1) is 15.4. The molecule has 0 saturated carbocycles. The van der Waals surface area contributed by atoms with Crippen LogP contribution in [0, 0.1) is 5.92 Å². The highest BCUT2D eigenvalue weighted by Crippen LogP contribution is 2.09. The molecule has 4 heteroatoms. The molecule has 86 valence electrons. The maximum absolute atomic E-state index is 5.15. The van der Waals surface area contributed by atoms with Gasteiger partial charge in [-0.3, -0.25) is 0 Å². The predicted octanol–water partition coefficient (Wildman–Crippen LogP) is 4.00. The summed E-state index contributed by atoms with van der Waals surface area (Å²) in [4.78, 5) is 0. The van der Waals surface area contributed by atoms with E-state index in [9.17, 15) is 0 Å². The molecule has 2 atom stereocenters. The van der Waals surface area contributed by atoms with Crippen LogP contribution in [0.15, 0.2) is 0 Å². The molecule has 0 N–H and O–H groups in total. The summed E-state index contributed by atoms with van der Waals surface area (Å²) in [6.45, 7) is 7.29. The van der Waals surface area contributed by atoms with Crippen LogP contribution in [0.3, 0.4) is 0 Å². The van der Waals surface area contributed by atoms with Gasteiger partial charge in [-0.15, -0.1) is 0 Å². The van der Waals surface area contributed by atoms with Gasteiger partial charge in [0.25, 0.3) is 0 Å². The molecule has 2 fully saturated rings. The Morgan fingerprint density at radius 1 is 1.07 bits per heavy atom. The lowest BCUT2D eigenvalue weighted by atomic mass is 10.2. The minimum atomic E-state index is 0.546. The van der Waals surface area contributed by atoms with Crippen molar-refractivity contribution in [2.45, 2.75) is 39.2 Å². The molecule has 14 heavy (non-hydrogen) atoms. The molecule has 0 radical (unpaired) electrons. The van der Waals surface area contributed by atoms with Crippen LogP contribution >= 0.6 is 37.2 Å². The van der Waals surface area contributed by atoms with Crippen molar-refractivity contribution in [3.8, 4) is 0 Å². The summed E-state index contributed by atoms with van der Waals surface area (Å²) >= 11 is 4.24. The molecule has 2 aliphatic heterocycles. The Bertz CT molecular complexity index is 96.7. The van der Waals surface area contributed by atoms with E-state index in [4.69, 9.17) is 9.47 Å². The van der Waals surface area contributed by atoms with Gasteiger partial charge in [0.05, 0.1) is 6.10 Å². The van der Waals surface area contributed by atoms with Crippen LogP contribution < -0.4 is 0 Å². The first-order chi connectivity index (χ1) is 6.79. The van der Waals surface area contributed by atoms with Crippen molar-refractivity contribution in [3.63, 3.8) is 0 Å². The summed E-state index contributed by atoms with van der Waals surface area (Å²) in [5.41, 5.74) is 0. The Morgan fingerprint density at radius 3 is 1.93 bits per heavy atom. The van der Waals surface area contributed by atoms with Gasteiger partial charge >= 0.3 is 0 Å². The van der Waals surface area contributed by atoms with E-state index in [1.807, 2.05) is 0 Å². The lowest BCUT2D eigenvalue weighted by molar-refractivity contribution is 0.125. The average molecular weight is 426 g/mol. The fraction of sp³-hybridized carbons (Fsp3) is 1.00. The zero-order valence-electron chi connectivity index (χ0n) is 8.97. The third-order valence-corrected chi connectivity index (χ3v) is 2.31. The molecule has 2 aliphatic rings. The van der Waals surface area contributed by atoms with Gasteiger partial charge in [-0.25, -0.2) is 0 Å². The van der Waals surface area contributed by atoms with E-state index in [-0.39, 0.29) is 0 Å². The quantitative estimate of drug-likeness (QED) is 0.546. The fourth-order valence-corrected chi connectivity index (χ4v) is 1.39. The molecule has 0 aromatic carbocycles. The van der Waals surface area contributed by atoms with Crippen LogP contribution in [-0.2, 0) is 9.47 Å². The van der Waals surface area contributed by atoms with Gasteiger partial charge in [0.15, 0.2) is 0 Å². The molecule has 0 aromatic heterocycles. The van der Waals surface area contributed by atoms with Crippen LogP contribution in [-0.4, -0.2) is 25.9 Å². The van der Waals surface area contributed by atoms with Gasteiger partial charge in [-0.2, -0.15) is 0 Å². The molecule has 2 nitrogen and oxygen atoms in total. The predicted molar refractivity (Wildman–Crippen MR) is 77.3 cm³/mol. The monoisotopic (exact) mass is 426 g/mol. The maximum Gasteiger partial charge on any atom is 0.0547 e. The summed E-state index contributed by atoms with van der Waals surface area (Å²) in [6.07, 6.45) is 4.34. The minimum absolute atomic E-state index is 0.546. The lowest BCUT2D eigenvalue weighted by Crippen LogP contribution is -1.94. The summed E-state index contributed by atoms with van der Waals surface area (Å²) in [5, 5.41) is 0. The molecule has 2 unspecified atom stereocenters. The molecular formula is C10H20I2O2. The normalized spacial score (nSPS) is 30.0. The molecular weight excluding hydrogens is 406 g/mol. The molecule has 0 aromatic rings. The molecule has 0 spiro atoms. The Hall–Kier alpha value is 1.38. The number of ether oxygens (including phenoxy) is 2. The number of halogens is 2. The van der Waals surface area contributed by atoms with Crippen molar-refractivity contribution in [2.24, 2.45) is 5.92 Å². The second-order valence-electron chi connectivity index (χ2n) is 3.79. The Balaban J connectivity index is 0.000000206. The number of hydrogen-bond donors (Lipinski definition) is 0. The van der Waals surface area contributed by atoms with E-state index in [1.165, 1.54) is 19.3 Å². The zero-order valence-corrected chi connectivity index (χ0v) is 13.3. The van der Waals surface area contributed by atoms with E-state index in [2.05, 4.69) is 51.1 Å². The van der Waals surface area contributed by atoms with E-state index in [1.54, 1.807) is 0 Å². The van der Waals surface area contributed by atoms with Crippen molar-refractivity contribution in [3.05, 3.63) is 0 Å². The maximum atomic E-state index is 5.15. The Kier molecular flexibility index (Phi) is 12.0. The largest absolute Gasteiger partial charge is 0.381 e. The highest BCUT2D eigenvalue weighted by atomic mass is 128. The minimum Gasteiger partial charge on any atom is -0.381 e. The molecule has 2 saturated heterocycles. The van der Waals surface area contributed by atoms with Crippen LogP contribution in [0.4, 0.5) is 0 Å². The van der Waals surface area contributed by atoms with Gasteiger partial charge < -0.3 is 9.47 Å². The van der Waals surface area contributed by atoms with Crippen molar-refractivity contribution >= 4 is 37.2 Å². The first-order valence-corrected chi connectivity index (χ1v) is 11.4. The Labute approximate surface area is 111 Å². The van der Waals surface area contributed by atoms with Gasteiger partial charge in [-0.1, -0.05) is 6.92 Å². The van der Waals surface area contributed by atoms with E-state index in [0.717, 1.165) is 25.7 Å². The smallest absolute Gasteiger partial charge is 0.0547 e. The lowest BCUT2D eigenvalue weighted by Gasteiger charge is -1.94. The molecule has 0 aliphatic carbocycles. The standard InChI is InChI=1S/2C5H10O.I2/c1-5-2-3-6-4-5;1-5-3-2-4-6-5;1-2/h2*5H,2-4H2,1H3;. The van der Waals surface area contributed by atoms with Crippen molar-refractivity contribution in [1.29, 1.82) is 0 Å². The number of rotatable bonds is 0. The van der Waals surface area contributed by atoms with E-state index < -0.39 is 0 Å². The molecule has 0 bridgehead atoms. The van der Waals surface area contributed by atoms with E-state index in [0.29, 0.717) is 6.10 Å². The van der Waals surface area contributed by atoms with Crippen LogP contribution in [0.1, 0.15) is 33.1 Å². The van der Waals surface area contributed by atoms with Crippen LogP contribution in [0.25, 0.3) is 0 Å². The van der Waals surface area contributed by atoms with Gasteiger partial charge in [0, 0.05) is 57.1 Å². The summed E-state index contributed by atoms with van der Waals surface area (Å²) in [5.74, 6) is 0.824. The SMILES string of the molecule is CC1CCCO1.CC1CCOC1.II. The van der Waals surface area contributed by atoms with Crippen molar-refractivity contribution in [2.75, 3.05) is 19.8 Å². The van der Waals surface area contributed by atoms with Gasteiger partial charge in [0.1, 0.15) is 0 Å². The molecule has 2 heterocycles. The second kappa shape index (κ2) is 10.9. The third-order valence-electron chi connectivity index (χ3n) is 2.31. The first-order valence-electron chi connectivity index (χ1n) is 5.12. The zero-order chi connectivity index (χ0) is 10.8. The number of hydrogen-bond acceptors (Lipinski definition) is 2. The summed E-state index contributed by atoms with van der Waals surface area (Å²) < 4.78 is 10.2. The van der Waals surface area contributed by atoms with Gasteiger partial charge in [-0.05, 0) is 32.1 Å². The van der Waals surface area contributed by atoms with Gasteiger partial charge in [0.2, 0.25) is 0 Å². The average Bonchev–Trinajstić information content (AvgIpc) is 2.83.